The zero-order valence-electron chi connectivity index (χ0n) is 13.8. The summed E-state index contributed by atoms with van der Waals surface area (Å²) in [5.41, 5.74) is 0.630. The zero-order valence-corrected chi connectivity index (χ0v) is 16.3. The lowest BCUT2D eigenvalue weighted by molar-refractivity contribution is -0.136. The van der Waals surface area contributed by atoms with Gasteiger partial charge in [0, 0.05) is 17.6 Å². The molecule has 0 bridgehead atoms. The average molecular weight is 402 g/mol. The van der Waals surface area contributed by atoms with Crippen LogP contribution in [0.5, 0.6) is 0 Å². The van der Waals surface area contributed by atoms with Gasteiger partial charge in [-0.25, -0.2) is 0 Å². The van der Waals surface area contributed by atoms with Crippen molar-refractivity contribution in [2.75, 3.05) is 26.2 Å². The summed E-state index contributed by atoms with van der Waals surface area (Å²) in [5.74, 6) is 1.78. The number of nitrogens with zero attached hydrogens (tertiary/aromatic N) is 1. The van der Waals surface area contributed by atoms with E-state index in [1.165, 1.54) is 0 Å². The largest absolute Gasteiger partial charge is 0.342 e. The Bertz CT molecular complexity index is 532. The van der Waals surface area contributed by atoms with E-state index >= 15 is 0 Å². The van der Waals surface area contributed by atoms with Gasteiger partial charge in [0.25, 0.3) is 0 Å². The molecule has 1 aromatic carbocycles. The van der Waals surface area contributed by atoms with Crippen molar-refractivity contribution in [3.05, 3.63) is 34.3 Å². The Hall–Kier alpha value is -0.580. The van der Waals surface area contributed by atoms with E-state index in [1.54, 1.807) is 0 Å². The van der Waals surface area contributed by atoms with Gasteiger partial charge in [-0.1, -0.05) is 28.1 Å². The second kappa shape index (κ2) is 7.54. The first-order valence-electron chi connectivity index (χ1n) is 8.24. The van der Waals surface area contributed by atoms with Gasteiger partial charge in [-0.05, 0) is 69.3 Å². The topological polar surface area (TPSA) is 32.3 Å². The molecular weight excluding hydrogens is 376 g/mol. The van der Waals surface area contributed by atoms with Crippen LogP contribution in [0.4, 0.5) is 0 Å². The quantitative estimate of drug-likeness (QED) is 0.821. The van der Waals surface area contributed by atoms with Crippen LogP contribution in [0.15, 0.2) is 28.7 Å². The molecular formula is C18H26BrClN2O. The van der Waals surface area contributed by atoms with E-state index < -0.39 is 5.41 Å². The second-order valence-electron chi connectivity index (χ2n) is 7.18. The van der Waals surface area contributed by atoms with E-state index in [0.29, 0.717) is 0 Å². The standard InChI is InChI=1S/C18H25BrN2O.ClH/c1-18(2,15-3-5-16(19)6-4-15)17(22)21-9-7-13-11-20-12-14(13)8-10-21;/h3-6,13-14,20H,7-12H2,1-2H3;1H/t13-,14+;. The number of halogens is 2. The third kappa shape index (κ3) is 3.92. The Morgan fingerprint density at radius 3 is 2.17 bits per heavy atom. The summed E-state index contributed by atoms with van der Waals surface area (Å²) < 4.78 is 1.05. The number of likely N-dealkylation sites (tertiary alicyclic amines) is 1. The molecule has 0 aliphatic carbocycles. The van der Waals surface area contributed by atoms with E-state index in [4.69, 9.17) is 0 Å². The van der Waals surface area contributed by atoms with Gasteiger partial charge in [-0.3, -0.25) is 4.79 Å². The average Bonchev–Trinajstić information content (AvgIpc) is 2.86. The summed E-state index contributed by atoms with van der Waals surface area (Å²) in [4.78, 5) is 15.2. The summed E-state index contributed by atoms with van der Waals surface area (Å²) in [6, 6.07) is 8.14. The molecule has 23 heavy (non-hydrogen) atoms. The van der Waals surface area contributed by atoms with Gasteiger partial charge >= 0.3 is 0 Å². The monoisotopic (exact) mass is 400 g/mol. The molecule has 128 valence electrons. The molecule has 2 saturated heterocycles. The maximum atomic E-state index is 13.1. The molecule has 0 aromatic heterocycles. The summed E-state index contributed by atoms with van der Waals surface area (Å²) >= 11 is 3.46. The molecule has 5 heteroatoms. The number of nitrogens with one attached hydrogen (secondary N) is 1. The molecule has 3 nitrogen and oxygen atoms in total. The molecule has 3 rings (SSSR count). The molecule has 1 aromatic rings. The van der Waals surface area contributed by atoms with Crippen LogP contribution in [-0.4, -0.2) is 37.0 Å². The number of hydrogen-bond donors (Lipinski definition) is 1. The van der Waals surface area contributed by atoms with Gasteiger partial charge in [0.2, 0.25) is 5.91 Å². The summed E-state index contributed by atoms with van der Waals surface area (Å²) in [5, 5.41) is 3.49. The Labute approximate surface area is 153 Å². The highest BCUT2D eigenvalue weighted by Crippen LogP contribution is 2.31. The Balaban J connectivity index is 0.00000192. The van der Waals surface area contributed by atoms with Crippen LogP contribution in [0.25, 0.3) is 0 Å². The third-order valence-corrected chi connectivity index (χ3v) is 5.94. The second-order valence-corrected chi connectivity index (χ2v) is 8.10. The van der Waals surface area contributed by atoms with Gasteiger partial charge in [0.15, 0.2) is 0 Å². The van der Waals surface area contributed by atoms with Gasteiger partial charge in [0.1, 0.15) is 0 Å². The molecule has 0 radical (unpaired) electrons. The van der Waals surface area contributed by atoms with Gasteiger partial charge in [0.05, 0.1) is 5.41 Å². The fourth-order valence-electron chi connectivity index (χ4n) is 3.81. The Morgan fingerprint density at radius 1 is 1.13 bits per heavy atom. The minimum Gasteiger partial charge on any atom is -0.342 e. The molecule has 1 amide bonds. The van der Waals surface area contributed by atoms with Crippen LogP contribution < -0.4 is 5.32 Å². The third-order valence-electron chi connectivity index (χ3n) is 5.41. The summed E-state index contributed by atoms with van der Waals surface area (Å²) in [6.45, 7) is 8.16. The van der Waals surface area contributed by atoms with E-state index in [2.05, 4.69) is 38.3 Å². The smallest absolute Gasteiger partial charge is 0.232 e. The van der Waals surface area contributed by atoms with E-state index in [-0.39, 0.29) is 18.3 Å². The Kier molecular flexibility index (Phi) is 6.15. The van der Waals surface area contributed by atoms with E-state index in [9.17, 15) is 4.79 Å². The minimum atomic E-state index is -0.460. The number of benzene rings is 1. The van der Waals surface area contributed by atoms with E-state index in [1.807, 2.05) is 26.0 Å². The number of hydrogen-bond acceptors (Lipinski definition) is 2. The molecule has 1 N–H and O–H groups in total. The van der Waals surface area contributed by atoms with Crippen molar-refractivity contribution in [2.45, 2.75) is 32.1 Å². The van der Waals surface area contributed by atoms with Crippen molar-refractivity contribution in [3.63, 3.8) is 0 Å². The first kappa shape index (κ1) is 18.8. The molecule has 0 saturated carbocycles. The fourth-order valence-corrected chi connectivity index (χ4v) is 4.07. The van der Waals surface area contributed by atoms with Gasteiger partial charge in [-0.2, -0.15) is 0 Å². The van der Waals surface area contributed by atoms with Crippen molar-refractivity contribution in [1.29, 1.82) is 0 Å². The van der Waals surface area contributed by atoms with Crippen LogP contribution in [0, 0.1) is 11.8 Å². The summed E-state index contributed by atoms with van der Waals surface area (Å²) in [7, 11) is 0. The number of fused-ring (bicyclic) bond motifs is 1. The lowest BCUT2D eigenvalue weighted by atomic mass is 9.83. The van der Waals surface area contributed by atoms with Crippen molar-refractivity contribution >= 4 is 34.2 Å². The first-order valence-corrected chi connectivity index (χ1v) is 9.04. The van der Waals surface area contributed by atoms with Gasteiger partial charge in [-0.15, -0.1) is 12.4 Å². The molecule has 2 aliphatic heterocycles. The molecule has 2 aliphatic rings. The lowest BCUT2D eigenvalue weighted by Crippen LogP contribution is -2.44. The number of amides is 1. The number of rotatable bonds is 2. The van der Waals surface area contributed by atoms with Crippen LogP contribution in [0.1, 0.15) is 32.3 Å². The normalized spacial score (nSPS) is 24.6. The molecule has 2 fully saturated rings. The SMILES string of the molecule is CC(C)(C(=O)N1CC[C@@H]2CNC[C@@H]2CC1)c1ccc(Br)cc1.Cl. The fraction of sp³-hybridized carbons (Fsp3) is 0.611. The van der Waals surface area contributed by atoms with Crippen molar-refractivity contribution in [2.24, 2.45) is 11.8 Å². The number of carbonyl (C=O) groups is 1. The lowest BCUT2D eigenvalue weighted by Gasteiger charge is -2.32. The van der Waals surface area contributed by atoms with Crippen LogP contribution in [-0.2, 0) is 10.2 Å². The van der Waals surface area contributed by atoms with Crippen LogP contribution in [0.3, 0.4) is 0 Å². The first-order chi connectivity index (χ1) is 10.5. The van der Waals surface area contributed by atoms with Crippen molar-refractivity contribution in [1.82, 2.24) is 10.2 Å². The van der Waals surface area contributed by atoms with E-state index in [0.717, 1.165) is 60.9 Å². The zero-order chi connectivity index (χ0) is 15.7. The predicted octanol–water partition coefficient (Wildman–Crippen LogP) is 3.61. The van der Waals surface area contributed by atoms with Crippen molar-refractivity contribution in [3.8, 4) is 0 Å². The Morgan fingerprint density at radius 2 is 1.65 bits per heavy atom. The minimum absolute atomic E-state index is 0. The van der Waals surface area contributed by atoms with Crippen molar-refractivity contribution < 1.29 is 4.79 Å². The highest BCUT2D eigenvalue weighted by atomic mass is 79.9. The van der Waals surface area contributed by atoms with Gasteiger partial charge < -0.3 is 10.2 Å². The summed E-state index contributed by atoms with van der Waals surface area (Å²) in [6.07, 6.45) is 2.28. The van der Waals surface area contributed by atoms with Crippen LogP contribution >= 0.6 is 28.3 Å². The molecule has 0 spiro atoms. The molecule has 0 unspecified atom stereocenters. The number of carbonyl (C=O) groups excluding carboxylic acids is 1. The molecule has 2 atom stereocenters. The highest BCUT2D eigenvalue weighted by molar-refractivity contribution is 9.10. The molecule has 2 heterocycles. The maximum Gasteiger partial charge on any atom is 0.232 e. The van der Waals surface area contributed by atoms with Crippen LogP contribution in [0.2, 0.25) is 0 Å². The maximum absolute atomic E-state index is 13.1. The highest BCUT2D eigenvalue weighted by Gasteiger charge is 2.37. The predicted molar refractivity (Wildman–Crippen MR) is 100 cm³/mol.